The fourth-order valence-corrected chi connectivity index (χ4v) is 2.64. The molecular weight excluding hydrogens is 328 g/mol. The van der Waals surface area contributed by atoms with Gasteiger partial charge in [-0.05, 0) is 41.7 Å². The summed E-state index contributed by atoms with van der Waals surface area (Å²) in [5, 5.41) is 8.81. The molecule has 4 heteroatoms. The van der Waals surface area contributed by atoms with E-state index in [1.807, 2.05) is 56.3 Å². The highest BCUT2D eigenvalue weighted by Gasteiger charge is 2.17. The summed E-state index contributed by atoms with van der Waals surface area (Å²) in [6.07, 6.45) is 5.31. The maximum absolute atomic E-state index is 12.9. The van der Waals surface area contributed by atoms with Crippen LogP contribution in [-0.2, 0) is 22.4 Å². The van der Waals surface area contributed by atoms with Crippen LogP contribution in [0.2, 0.25) is 0 Å². The molecule has 0 saturated carbocycles. The summed E-state index contributed by atoms with van der Waals surface area (Å²) >= 11 is 0. The summed E-state index contributed by atoms with van der Waals surface area (Å²) in [6, 6.07) is 14.9. The Morgan fingerprint density at radius 1 is 0.962 bits per heavy atom. The summed E-state index contributed by atoms with van der Waals surface area (Å²) in [5.41, 5.74) is 2.99. The van der Waals surface area contributed by atoms with Gasteiger partial charge < -0.3 is 9.84 Å². The molecule has 0 unspecified atom stereocenters. The van der Waals surface area contributed by atoms with Crippen LogP contribution in [-0.4, -0.2) is 17.0 Å². The minimum Gasteiger partial charge on any atom is -0.478 e. The van der Waals surface area contributed by atoms with Gasteiger partial charge in [-0.2, -0.15) is 0 Å². The van der Waals surface area contributed by atoms with E-state index in [0.29, 0.717) is 11.3 Å². The number of aryl methyl sites for hydroxylation is 2. The number of benzene rings is 2. The predicted octanol–water partition coefficient (Wildman–Crippen LogP) is 4.44. The first-order valence-corrected chi connectivity index (χ1v) is 8.56. The van der Waals surface area contributed by atoms with Crippen molar-refractivity contribution in [3.05, 3.63) is 83.4 Å². The monoisotopic (exact) mass is 350 g/mol. The first kappa shape index (κ1) is 19.2. The van der Waals surface area contributed by atoms with E-state index >= 15 is 0 Å². The van der Waals surface area contributed by atoms with E-state index in [4.69, 9.17) is 9.84 Å². The van der Waals surface area contributed by atoms with Gasteiger partial charge in [0.15, 0.2) is 0 Å². The van der Waals surface area contributed by atoms with E-state index in [-0.39, 0.29) is 0 Å². The Morgan fingerprint density at radius 2 is 1.58 bits per heavy atom. The Labute approximate surface area is 153 Å². The molecule has 4 nitrogen and oxygen atoms in total. The van der Waals surface area contributed by atoms with Gasteiger partial charge in [0.1, 0.15) is 5.75 Å². The van der Waals surface area contributed by atoms with Crippen LogP contribution in [0.1, 0.15) is 30.5 Å². The Balaban J connectivity index is 2.43. The van der Waals surface area contributed by atoms with Crippen LogP contribution in [0.3, 0.4) is 0 Å². The second-order valence-corrected chi connectivity index (χ2v) is 5.64. The van der Waals surface area contributed by atoms with Gasteiger partial charge in [0.05, 0.1) is 5.57 Å². The minimum absolute atomic E-state index is 0.325. The van der Waals surface area contributed by atoms with Crippen molar-refractivity contribution >= 4 is 17.5 Å². The van der Waals surface area contributed by atoms with Gasteiger partial charge in [-0.3, -0.25) is 0 Å². The van der Waals surface area contributed by atoms with Crippen molar-refractivity contribution < 1.29 is 19.4 Å². The van der Waals surface area contributed by atoms with E-state index in [1.165, 1.54) is 12.2 Å². The van der Waals surface area contributed by atoms with Gasteiger partial charge in [0.2, 0.25) is 0 Å². The fraction of sp³-hybridized carbons (Fsp3) is 0.182. The van der Waals surface area contributed by atoms with Crippen LogP contribution in [0, 0.1) is 0 Å². The first-order valence-electron chi connectivity index (χ1n) is 8.56. The number of carboxylic acids is 1. The lowest BCUT2D eigenvalue weighted by Gasteiger charge is -2.13. The van der Waals surface area contributed by atoms with Crippen molar-refractivity contribution in [2.24, 2.45) is 0 Å². The molecule has 0 radical (unpaired) electrons. The Hall–Kier alpha value is -3.14. The van der Waals surface area contributed by atoms with Crippen molar-refractivity contribution in [3.8, 4) is 5.75 Å². The van der Waals surface area contributed by atoms with Crippen molar-refractivity contribution in [1.82, 2.24) is 0 Å². The lowest BCUT2D eigenvalue weighted by Crippen LogP contribution is -2.12. The standard InChI is InChI=1S/C22H22O4/c1-3-16-10-5-7-12-18(16)19(13-9-15-21(23)24)22(25)26-20-14-8-6-11-17(20)4-2/h5-15H,3-4H2,1-2H3,(H,23,24). The third-order valence-corrected chi connectivity index (χ3v) is 3.97. The van der Waals surface area contributed by atoms with Gasteiger partial charge in [-0.25, -0.2) is 9.59 Å². The molecule has 0 spiro atoms. The summed E-state index contributed by atoms with van der Waals surface area (Å²) in [5.74, 6) is -1.07. The van der Waals surface area contributed by atoms with Crippen LogP contribution in [0.5, 0.6) is 5.75 Å². The third kappa shape index (κ3) is 4.93. The average Bonchev–Trinajstić information content (AvgIpc) is 2.65. The summed E-state index contributed by atoms with van der Waals surface area (Å²) in [4.78, 5) is 23.6. The molecule has 0 amide bonds. The number of aliphatic carboxylic acids is 1. The zero-order valence-corrected chi connectivity index (χ0v) is 14.9. The second kappa shape index (κ2) is 9.37. The highest BCUT2D eigenvalue weighted by atomic mass is 16.5. The molecule has 0 aliphatic heterocycles. The molecule has 2 aromatic rings. The normalized spacial score (nSPS) is 11.5. The summed E-state index contributed by atoms with van der Waals surface area (Å²) in [6.45, 7) is 3.99. The van der Waals surface area contributed by atoms with Crippen LogP contribution in [0.4, 0.5) is 0 Å². The lowest BCUT2D eigenvalue weighted by molar-refractivity contribution is -0.131. The number of carboxylic acid groups (broad SMARTS) is 1. The van der Waals surface area contributed by atoms with Crippen molar-refractivity contribution in [2.75, 3.05) is 0 Å². The number of hydrogen-bond acceptors (Lipinski definition) is 3. The predicted molar refractivity (Wildman–Crippen MR) is 102 cm³/mol. The second-order valence-electron chi connectivity index (χ2n) is 5.64. The molecule has 134 valence electrons. The summed E-state index contributed by atoms with van der Waals surface area (Å²) in [7, 11) is 0. The molecule has 0 aliphatic carbocycles. The number of carbonyl (C=O) groups excluding carboxylic acids is 1. The molecule has 26 heavy (non-hydrogen) atoms. The number of para-hydroxylation sites is 1. The number of carbonyl (C=O) groups is 2. The molecule has 1 N–H and O–H groups in total. The van der Waals surface area contributed by atoms with Crippen molar-refractivity contribution in [1.29, 1.82) is 0 Å². The lowest BCUT2D eigenvalue weighted by atomic mass is 9.97. The maximum atomic E-state index is 12.9. The highest BCUT2D eigenvalue weighted by molar-refractivity contribution is 6.18. The van der Waals surface area contributed by atoms with Gasteiger partial charge in [-0.1, -0.05) is 62.4 Å². The number of esters is 1. The smallest absolute Gasteiger partial charge is 0.344 e. The van der Waals surface area contributed by atoms with Crippen LogP contribution in [0.25, 0.3) is 5.57 Å². The van der Waals surface area contributed by atoms with Gasteiger partial charge in [-0.15, -0.1) is 0 Å². The quantitative estimate of drug-likeness (QED) is 0.347. The van der Waals surface area contributed by atoms with E-state index in [9.17, 15) is 9.59 Å². The van der Waals surface area contributed by atoms with E-state index in [2.05, 4.69) is 0 Å². The molecule has 0 atom stereocenters. The largest absolute Gasteiger partial charge is 0.478 e. The fourth-order valence-electron chi connectivity index (χ4n) is 2.64. The van der Waals surface area contributed by atoms with Crippen molar-refractivity contribution in [2.45, 2.75) is 26.7 Å². The summed E-state index contributed by atoms with van der Waals surface area (Å²) < 4.78 is 5.62. The van der Waals surface area contributed by atoms with E-state index in [1.54, 1.807) is 6.07 Å². The molecule has 0 aromatic heterocycles. The maximum Gasteiger partial charge on any atom is 0.344 e. The molecule has 2 aromatic carbocycles. The average molecular weight is 350 g/mol. The molecule has 0 fully saturated rings. The molecule has 0 saturated heterocycles. The topological polar surface area (TPSA) is 63.6 Å². The third-order valence-electron chi connectivity index (χ3n) is 3.97. The molecular formula is C22H22O4. The van der Waals surface area contributed by atoms with Crippen LogP contribution >= 0.6 is 0 Å². The number of rotatable bonds is 7. The molecule has 0 aliphatic rings. The Morgan fingerprint density at radius 3 is 2.23 bits per heavy atom. The SMILES string of the molecule is CCc1ccccc1OC(=O)C(=CC=CC(=O)O)c1ccccc1CC. The Kier molecular flexibility index (Phi) is 6.92. The zero-order chi connectivity index (χ0) is 18.9. The van der Waals surface area contributed by atoms with E-state index < -0.39 is 11.9 Å². The van der Waals surface area contributed by atoms with E-state index in [0.717, 1.165) is 35.6 Å². The van der Waals surface area contributed by atoms with Gasteiger partial charge in [0, 0.05) is 6.08 Å². The first-order chi connectivity index (χ1) is 12.6. The molecule has 0 bridgehead atoms. The highest BCUT2D eigenvalue weighted by Crippen LogP contribution is 2.25. The van der Waals surface area contributed by atoms with Crippen LogP contribution in [0.15, 0.2) is 66.8 Å². The number of hydrogen-bond donors (Lipinski definition) is 1. The van der Waals surface area contributed by atoms with Crippen LogP contribution < -0.4 is 4.74 Å². The number of ether oxygens (including phenoxy) is 1. The van der Waals surface area contributed by atoms with Crippen molar-refractivity contribution in [3.63, 3.8) is 0 Å². The molecule has 2 rings (SSSR count). The zero-order valence-electron chi connectivity index (χ0n) is 14.9. The van der Waals surface area contributed by atoms with Gasteiger partial charge in [0.25, 0.3) is 0 Å². The minimum atomic E-state index is -1.07. The number of allylic oxidation sites excluding steroid dienone is 2. The molecule has 0 heterocycles. The Bertz CT molecular complexity index is 847. The van der Waals surface area contributed by atoms with Gasteiger partial charge >= 0.3 is 11.9 Å².